The third-order valence-corrected chi connectivity index (χ3v) is 6.26. The van der Waals surface area contributed by atoms with Gasteiger partial charge in [0.05, 0.1) is 7.11 Å². The van der Waals surface area contributed by atoms with Crippen LogP contribution in [0.25, 0.3) is 0 Å². The van der Waals surface area contributed by atoms with Gasteiger partial charge in [0.25, 0.3) is 0 Å². The third kappa shape index (κ3) is 5.76. The van der Waals surface area contributed by atoms with E-state index in [2.05, 4.69) is 55.9 Å². The summed E-state index contributed by atoms with van der Waals surface area (Å²) in [5, 5.41) is 3.62. The molecule has 2 aliphatic rings. The summed E-state index contributed by atoms with van der Waals surface area (Å²) in [6.07, 6.45) is 0. The van der Waals surface area contributed by atoms with Gasteiger partial charge in [0, 0.05) is 77.7 Å². The predicted molar refractivity (Wildman–Crippen MR) is 121 cm³/mol. The van der Waals surface area contributed by atoms with Gasteiger partial charge in [-0.05, 0) is 37.7 Å². The molecule has 162 valence electrons. The van der Waals surface area contributed by atoms with E-state index >= 15 is 0 Å². The highest BCUT2D eigenvalue weighted by Gasteiger charge is 2.23. The number of methoxy groups -OCH3 is 1. The topological polar surface area (TPSA) is 46.6 Å². The maximum atomic E-state index is 5.26. The van der Waals surface area contributed by atoms with Crippen molar-refractivity contribution in [3.8, 4) is 5.75 Å². The van der Waals surface area contributed by atoms with Crippen LogP contribution in [-0.2, 0) is 0 Å². The first-order chi connectivity index (χ1) is 14.1. The fourth-order valence-corrected chi connectivity index (χ4v) is 4.19. The van der Waals surface area contributed by atoms with Crippen LogP contribution in [-0.4, -0.2) is 106 Å². The molecule has 1 atom stereocenters. The second-order valence-corrected chi connectivity index (χ2v) is 7.92. The van der Waals surface area contributed by atoms with Crippen LogP contribution in [0.5, 0.6) is 5.75 Å². The molecule has 2 heterocycles. The Morgan fingerprint density at radius 1 is 1.03 bits per heavy atom. The van der Waals surface area contributed by atoms with Crippen LogP contribution in [0.15, 0.2) is 29.3 Å². The Morgan fingerprint density at radius 2 is 1.69 bits per heavy atom. The molecule has 1 N–H and O–H groups in total. The Morgan fingerprint density at radius 3 is 2.24 bits per heavy atom. The van der Waals surface area contributed by atoms with E-state index in [4.69, 9.17) is 4.74 Å². The molecule has 3 rings (SSSR count). The first-order valence-electron chi connectivity index (χ1n) is 11.0. The lowest BCUT2D eigenvalue weighted by Gasteiger charge is -2.39. The first-order valence-corrected chi connectivity index (χ1v) is 11.0. The highest BCUT2D eigenvalue weighted by atomic mass is 16.5. The van der Waals surface area contributed by atoms with Crippen LogP contribution < -0.4 is 15.0 Å². The van der Waals surface area contributed by atoms with Crippen molar-refractivity contribution in [3.05, 3.63) is 24.3 Å². The molecule has 0 aliphatic carbocycles. The molecule has 2 saturated heterocycles. The highest BCUT2D eigenvalue weighted by Crippen LogP contribution is 2.20. The summed E-state index contributed by atoms with van der Waals surface area (Å²) in [4.78, 5) is 14.5. The quantitative estimate of drug-likeness (QED) is 0.574. The van der Waals surface area contributed by atoms with E-state index in [1.54, 1.807) is 7.11 Å². The summed E-state index contributed by atoms with van der Waals surface area (Å²) in [7, 11) is 3.60. The third-order valence-electron chi connectivity index (χ3n) is 6.26. The van der Waals surface area contributed by atoms with Gasteiger partial charge in [-0.1, -0.05) is 6.92 Å². The summed E-state index contributed by atoms with van der Waals surface area (Å²) in [5.74, 6) is 1.93. The van der Waals surface area contributed by atoms with Crippen molar-refractivity contribution in [2.75, 3.05) is 84.5 Å². The van der Waals surface area contributed by atoms with Crippen molar-refractivity contribution in [1.82, 2.24) is 20.0 Å². The summed E-state index contributed by atoms with van der Waals surface area (Å²) in [6, 6.07) is 8.86. The first kappa shape index (κ1) is 21.7. The minimum atomic E-state index is 0.520. The zero-order valence-electron chi connectivity index (χ0n) is 18.6. The molecule has 2 aliphatic heterocycles. The number of guanidine groups is 1. The van der Waals surface area contributed by atoms with Crippen LogP contribution in [0.4, 0.5) is 5.69 Å². The summed E-state index contributed by atoms with van der Waals surface area (Å²) in [6.45, 7) is 15.3. The number of rotatable bonds is 6. The molecule has 0 bridgehead atoms. The number of benzene rings is 1. The Bertz CT molecular complexity index is 633. The zero-order valence-corrected chi connectivity index (χ0v) is 18.6. The van der Waals surface area contributed by atoms with Gasteiger partial charge in [0.2, 0.25) is 0 Å². The SMILES string of the molecule is CCN1CCN(C(C)CNC(=NC)N2CCN(c3ccc(OC)cc3)CC2)CC1. The average molecular weight is 403 g/mol. The van der Waals surface area contributed by atoms with E-state index in [-0.39, 0.29) is 0 Å². The monoisotopic (exact) mass is 402 g/mol. The van der Waals surface area contributed by atoms with Gasteiger partial charge in [0.1, 0.15) is 5.75 Å². The minimum absolute atomic E-state index is 0.520. The molecule has 1 aromatic carbocycles. The second-order valence-electron chi connectivity index (χ2n) is 7.92. The van der Waals surface area contributed by atoms with Crippen LogP contribution >= 0.6 is 0 Å². The van der Waals surface area contributed by atoms with E-state index in [0.29, 0.717) is 6.04 Å². The highest BCUT2D eigenvalue weighted by molar-refractivity contribution is 5.80. The molecule has 0 amide bonds. The van der Waals surface area contributed by atoms with Crippen LogP contribution in [0, 0.1) is 0 Å². The maximum absolute atomic E-state index is 5.26. The number of piperazine rings is 2. The largest absolute Gasteiger partial charge is 0.497 e. The molecule has 29 heavy (non-hydrogen) atoms. The molecule has 0 spiro atoms. The van der Waals surface area contributed by atoms with E-state index in [1.807, 2.05) is 19.2 Å². The molecule has 0 saturated carbocycles. The van der Waals surface area contributed by atoms with E-state index < -0.39 is 0 Å². The molecule has 1 unspecified atom stereocenters. The maximum Gasteiger partial charge on any atom is 0.193 e. The number of nitrogens with one attached hydrogen (secondary N) is 1. The van der Waals surface area contributed by atoms with Crippen molar-refractivity contribution in [2.45, 2.75) is 19.9 Å². The lowest BCUT2D eigenvalue weighted by atomic mass is 10.2. The van der Waals surface area contributed by atoms with E-state index in [9.17, 15) is 0 Å². The fourth-order valence-electron chi connectivity index (χ4n) is 4.19. The van der Waals surface area contributed by atoms with Gasteiger partial charge in [-0.25, -0.2) is 0 Å². The molecular weight excluding hydrogens is 364 g/mol. The standard InChI is InChI=1S/C22H38N6O/c1-5-25-10-12-26(13-11-25)19(2)18-24-22(23-3)28-16-14-27(15-17-28)20-6-8-21(29-4)9-7-20/h6-9,19H,5,10-18H2,1-4H3,(H,23,24). The smallest absolute Gasteiger partial charge is 0.193 e. The molecule has 0 radical (unpaired) electrons. The number of anilines is 1. The number of aliphatic imine (C=N–C) groups is 1. The Kier molecular flexibility index (Phi) is 8.00. The number of hydrogen-bond acceptors (Lipinski definition) is 5. The molecule has 2 fully saturated rings. The van der Waals surface area contributed by atoms with Gasteiger partial charge in [-0.2, -0.15) is 0 Å². The zero-order chi connectivity index (χ0) is 20.6. The van der Waals surface area contributed by atoms with Crippen molar-refractivity contribution < 1.29 is 4.74 Å². The van der Waals surface area contributed by atoms with E-state index in [1.165, 1.54) is 18.8 Å². The number of nitrogens with zero attached hydrogens (tertiary/aromatic N) is 5. The fraction of sp³-hybridized carbons (Fsp3) is 0.682. The van der Waals surface area contributed by atoms with Gasteiger partial charge in [-0.15, -0.1) is 0 Å². The van der Waals surface area contributed by atoms with E-state index in [0.717, 1.165) is 64.1 Å². The summed E-state index contributed by atoms with van der Waals surface area (Å²) < 4.78 is 5.26. The van der Waals surface area contributed by atoms with Crippen molar-refractivity contribution >= 4 is 11.6 Å². The number of ether oxygens (including phenoxy) is 1. The van der Waals surface area contributed by atoms with Crippen molar-refractivity contribution in [3.63, 3.8) is 0 Å². The summed E-state index contributed by atoms with van der Waals surface area (Å²) in [5.41, 5.74) is 1.26. The normalized spacial score (nSPS) is 20.6. The van der Waals surface area contributed by atoms with Crippen molar-refractivity contribution in [1.29, 1.82) is 0 Å². The lowest BCUT2D eigenvalue weighted by Crippen LogP contribution is -2.56. The Hall–Kier alpha value is -1.99. The van der Waals surface area contributed by atoms with Crippen molar-refractivity contribution in [2.24, 2.45) is 4.99 Å². The molecular formula is C22H38N6O. The van der Waals surface area contributed by atoms with Gasteiger partial charge in [-0.3, -0.25) is 9.89 Å². The molecule has 0 aromatic heterocycles. The number of hydrogen-bond donors (Lipinski definition) is 1. The number of likely N-dealkylation sites (N-methyl/N-ethyl adjacent to an activating group) is 1. The van der Waals surface area contributed by atoms with Crippen LogP contribution in [0.1, 0.15) is 13.8 Å². The summed E-state index contributed by atoms with van der Waals surface area (Å²) >= 11 is 0. The van der Waals surface area contributed by atoms with Gasteiger partial charge >= 0.3 is 0 Å². The second kappa shape index (κ2) is 10.7. The molecule has 7 heteroatoms. The molecule has 1 aromatic rings. The van der Waals surface area contributed by atoms with Gasteiger partial charge in [0.15, 0.2) is 5.96 Å². The Balaban J connectivity index is 1.44. The van der Waals surface area contributed by atoms with Crippen LogP contribution in [0.3, 0.4) is 0 Å². The van der Waals surface area contributed by atoms with Gasteiger partial charge < -0.3 is 24.8 Å². The Labute approximate surface area is 176 Å². The average Bonchev–Trinajstić information content (AvgIpc) is 2.80. The van der Waals surface area contributed by atoms with Crippen LogP contribution in [0.2, 0.25) is 0 Å². The predicted octanol–water partition coefficient (Wildman–Crippen LogP) is 1.42. The minimum Gasteiger partial charge on any atom is -0.497 e. The lowest BCUT2D eigenvalue weighted by molar-refractivity contribution is 0.107. The molecule has 7 nitrogen and oxygen atoms in total.